The molecule has 6 rings (SSSR count). The van der Waals surface area contributed by atoms with Crippen LogP contribution < -0.4 is 20.9 Å². The van der Waals surface area contributed by atoms with Gasteiger partial charge in [0.15, 0.2) is 5.50 Å². The summed E-state index contributed by atoms with van der Waals surface area (Å²) in [7, 11) is 0. The molecule has 2 aliphatic heterocycles. The third-order valence-corrected chi connectivity index (χ3v) is 8.71. The number of carbonyl (C=O) groups excluding carboxylic acids is 2. The summed E-state index contributed by atoms with van der Waals surface area (Å²) >= 11 is 7.73. The highest BCUT2D eigenvalue weighted by Gasteiger charge is 2.39. The zero-order valence-corrected chi connectivity index (χ0v) is 26.6. The van der Waals surface area contributed by atoms with Crippen molar-refractivity contribution in [2.45, 2.75) is 43.5 Å². The van der Waals surface area contributed by atoms with Crippen LogP contribution in [-0.2, 0) is 10.2 Å². The van der Waals surface area contributed by atoms with Crippen LogP contribution in [0.3, 0.4) is 0 Å². The second-order valence-corrected chi connectivity index (χ2v) is 12.9. The van der Waals surface area contributed by atoms with Crippen molar-refractivity contribution in [3.8, 4) is 11.4 Å². The van der Waals surface area contributed by atoms with E-state index in [0.29, 0.717) is 23.8 Å². The number of urea groups is 1. The quantitative estimate of drug-likeness (QED) is 0.166. The fraction of sp³-hybridized carbons (Fsp3) is 0.219. The van der Waals surface area contributed by atoms with E-state index in [4.69, 9.17) is 16.3 Å². The Kier molecular flexibility index (Phi) is 8.02. The van der Waals surface area contributed by atoms with Crippen molar-refractivity contribution in [3.63, 3.8) is 0 Å². The molecule has 0 bridgehead atoms. The molecule has 4 aromatic rings. The second-order valence-electron chi connectivity index (χ2n) is 11.4. The van der Waals surface area contributed by atoms with Crippen molar-refractivity contribution < 1.29 is 19.4 Å². The van der Waals surface area contributed by atoms with Crippen LogP contribution in [0.5, 0.6) is 5.75 Å². The smallest absolute Gasteiger partial charge is 0.416 e. The van der Waals surface area contributed by atoms with E-state index >= 15 is 0 Å². The van der Waals surface area contributed by atoms with Crippen LogP contribution >= 0.6 is 23.4 Å². The summed E-state index contributed by atoms with van der Waals surface area (Å²) < 4.78 is 6.77. The number of nitrogens with zero attached hydrogens (tertiary/aromatic N) is 4. The molecule has 232 valence electrons. The number of rotatable bonds is 6. The zero-order valence-electron chi connectivity index (χ0n) is 25.0. The SMILES string of the molecule is CCOC(=O)N1C=CN2c3cc(Nc4ccc(NC(=O)Nc5cc(C(C)(C)C)nn5-c5ccc(O)c(Cl)c5)cc4)ccc3SC12. The van der Waals surface area contributed by atoms with Crippen molar-refractivity contribution in [2.24, 2.45) is 0 Å². The van der Waals surface area contributed by atoms with Gasteiger partial charge in [0.1, 0.15) is 11.6 Å². The molecule has 3 aromatic carbocycles. The van der Waals surface area contributed by atoms with E-state index in [9.17, 15) is 14.7 Å². The Morgan fingerprint density at radius 2 is 1.71 bits per heavy atom. The summed E-state index contributed by atoms with van der Waals surface area (Å²) in [6.07, 6.45) is 3.25. The number of halogens is 1. The van der Waals surface area contributed by atoms with Gasteiger partial charge in [-0.25, -0.2) is 14.3 Å². The minimum atomic E-state index is -0.441. The second kappa shape index (κ2) is 11.9. The first kappa shape index (κ1) is 30.2. The standard InChI is InChI=1S/C32H32ClN7O4S/c1-5-44-31(43)39-15-14-38-24-16-21(10-13-26(24)45-30(38)39)34-19-6-8-20(9-7-19)35-29(42)36-28-18-27(32(2,3)4)37-40(28)22-11-12-25(41)23(33)17-22/h6-18,30,34,41H,5H2,1-4H3,(H2,35,36,42). The van der Waals surface area contributed by atoms with E-state index < -0.39 is 6.03 Å². The van der Waals surface area contributed by atoms with Crippen molar-refractivity contribution in [3.05, 3.63) is 89.8 Å². The Labute approximate surface area is 269 Å². The molecular formula is C32H32ClN7O4S. The van der Waals surface area contributed by atoms with Gasteiger partial charge in [-0.2, -0.15) is 5.10 Å². The number of hydrogen-bond donors (Lipinski definition) is 4. The van der Waals surface area contributed by atoms with Gasteiger partial charge in [0, 0.05) is 45.8 Å². The summed E-state index contributed by atoms with van der Waals surface area (Å²) in [5.41, 5.74) is 4.21. The van der Waals surface area contributed by atoms with Crippen molar-refractivity contribution in [1.29, 1.82) is 0 Å². The van der Waals surface area contributed by atoms with Gasteiger partial charge in [0.2, 0.25) is 0 Å². The Morgan fingerprint density at radius 3 is 2.42 bits per heavy atom. The van der Waals surface area contributed by atoms with E-state index in [0.717, 1.165) is 27.7 Å². The number of phenolic OH excluding ortho intramolecular Hbond substituents is 1. The van der Waals surface area contributed by atoms with E-state index in [1.54, 1.807) is 58.7 Å². The van der Waals surface area contributed by atoms with Crippen LogP contribution in [-0.4, -0.2) is 44.0 Å². The molecule has 0 saturated heterocycles. The molecule has 0 spiro atoms. The summed E-state index contributed by atoms with van der Waals surface area (Å²) in [4.78, 5) is 30.0. The maximum Gasteiger partial charge on any atom is 0.416 e. The largest absolute Gasteiger partial charge is 0.506 e. The van der Waals surface area contributed by atoms with Crippen LogP contribution in [0.1, 0.15) is 33.4 Å². The normalized spacial score (nSPS) is 15.1. The molecule has 0 saturated carbocycles. The zero-order chi connectivity index (χ0) is 31.9. The number of aromatic nitrogens is 2. The van der Waals surface area contributed by atoms with Crippen molar-refractivity contribution in [1.82, 2.24) is 14.7 Å². The number of amides is 3. The van der Waals surface area contributed by atoms with Crippen LogP contribution in [0, 0.1) is 0 Å². The fourth-order valence-corrected chi connectivity index (χ4v) is 6.24. The summed E-state index contributed by atoms with van der Waals surface area (Å²) in [6, 6.07) is 19.5. The van der Waals surface area contributed by atoms with Gasteiger partial charge in [-0.3, -0.25) is 10.2 Å². The lowest BCUT2D eigenvalue weighted by Gasteiger charge is -2.23. The number of fused-ring (bicyclic) bond motifs is 3. The average molecular weight is 646 g/mol. The number of hydrogen-bond acceptors (Lipinski definition) is 8. The molecule has 3 amide bonds. The molecule has 1 aromatic heterocycles. The number of anilines is 5. The van der Waals surface area contributed by atoms with Gasteiger partial charge >= 0.3 is 12.1 Å². The number of carbonyl (C=O) groups is 2. The highest BCUT2D eigenvalue weighted by Crippen LogP contribution is 2.48. The first-order chi connectivity index (χ1) is 21.5. The van der Waals surface area contributed by atoms with Gasteiger partial charge in [-0.1, -0.05) is 44.1 Å². The Hall–Kier alpha value is -4.81. The van der Waals surface area contributed by atoms with Crippen LogP contribution in [0.15, 0.2) is 84.0 Å². The Bertz CT molecular complexity index is 1800. The van der Waals surface area contributed by atoms with Crippen LogP contribution in [0.25, 0.3) is 5.69 Å². The highest BCUT2D eigenvalue weighted by atomic mass is 35.5. The molecule has 0 aliphatic carbocycles. The van der Waals surface area contributed by atoms with E-state index in [2.05, 4.69) is 21.0 Å². The van der Waals surface area contributed by atoms with Gasteiger partial charge in [-0.05, 0) is 67.6 Å². The highest BCUT2D eigenvalue weighted by molar-refractivity contribution is 8.00. The molecular weight excluding hydrogens is 614 g/mol. The van der Waals surface area contributed by atoms with Gasteiger partial charge in [0.05, 0.1) is 28.7 Å². The molecule has 2 aliphatic rings. The summed E-state index contributed by atoms with van der Waals surface area (Å²) in [5, 5.41) is 23.9. The topological polar surface area (TPSA) is 124 Å². The first-order valence-electron chi connectivity index (χ1n) is 14.3. The minimum Gasteiger partial charge on any atom is -0.506 e. The van der Waals surface area contributed by atoms with Crippen LogP contribution in [0.4, 0.5) is 38.2 Å². The van der Waals surface area contributed by atoms with E-state index in [-0.39, 0.29) is 27.8 Å². The third kappa shape index (κ3) is 6.24. The number of thioether (sulfide) groups is 1. The maximum absolute atomic E-state index is 13.0. The third-order valence-electron chi connectivity index (χ3n) is 7.14. The lowest BCUT2D eigenvalue weighted by Crippen LogP contribution is -2.37. The summed E-state index contributed by atoms with van der Waals surface area (Å²) in [5.74, 6) is 0.413. The van der Waals surface area contributed by atoms with E-state index in [1.165, 1.54) is 6.07 Å². The number of ether oxygens (including phenoxy) is 1. The van der Waals surface area contributed by atoms with Gasteiger partial charge in [-0.15, -0.1) is 0 Å². The molecule has 45 heavy (non-hydrogen) atoms. The molecule has 11 nitrogen and oxygen atoms in total. The molecule has 3 heterocycles. The predicted octanol–water partition coefficient (Wildman–Crippen LogP) is 8.06. The van der Waals surface area contributed by atoms with Gasteiger partial charge < -0.3 is 25.4 Å². The van der Waals surface area contributed by atoms with Crippen LogP contribution in [0.2, 0.25) is 5.02 Å². The molecule has 1 unspecified atom stereocenters. The van der Waals surface area contributed by atoms with Crippen molar-refractivity contribution in [2.75, 3.05) is 27.5 Å². The minimum absolute atomic E-state index is 0.0382. The average Bonchev–Trinajstić information content (AvgIpc) is 3.70. The fourth-order valence-electron chi connectivity index (χ4n) is 4.84. The number of nitrogens with one attached hydrogen (secondary N) is 3. The number of aromatic hydroxyl groups is 1. The maximum atomic E-state index is 13.0. The number of phenols is 1. The molecule has 1 atom stereocenters. The van der Waals surface area contributed by atoms with Crippen molar-refractivity contribution >= 4 is 64.1 Å². The van der Waals surface area contributed by atoms with Gasteiger partial charge in [0.25, 0.3) is 0 Å². The lowest BCUT2D eigenvalue weighted by atomic mass is 9.92. The van der Waals surface area contributed by atoms with E-state index in [1.807, 2.05) is 68.3 Å². The Balaban J connectivity index is 1.11. The molecule has 0 radical (unpaired) electrons. The Morgan fingerprint density at radius 1 is 0.978 bits per heavy atom. The molecule has 0 fully saturated rings. The molecule has 13 heteroatoms. The lowest BCUT2D eigenvalue weighted by molar-refractivity contribution is 0.122. The predicted molar refractivity (Wildman–Crippen MR) is 178 cm³/mol. The summed E-state index contributed by atoms with van der Waals surface area (Å²) in [6.45, 7) is 8.21. The first-order valence-corrected chi connectivity index (χ1v) is 15.5. The number of benzene rings is 3. The molecule has 4 N–H and O–H groups in total. The monoisotopic (exact) mass is 645 g/mol.